The van der Waals surface area contributed by atoms with E-state index >= 15 is 0 Å². The van der Waals surface area contributed by atoms with Crippen molar-refractivity contribution in [1.82, 2.24) is 0 Å². The number of esters is 1. The molecule has 2 aliphatic rings. The molecule has 3 aromatic carbocycles. The number of aromatic hydroxyl groups is 1. The molecule has 0 spiro atoms. The van der Waals surface area contributed by atoms with Gasteiger partial charge in [-0.3, -0.25) is 9.59 Å². The summed E-state index contributed by atoms with van der Waals surface area (Å²) in [7, 11) is 1.52. The molecule has 0 bridgehead atoms. The van der Waals surface area contributed by atoms with Crippen LogP contribution in [-0.2, 0) is 4.79 Å². The summed E-state index contributed by atoms with van der Waals surface area (Å²) in [6.07, 6.45) is 1.37. The van der Waals surface area contributed by atoms with Crippen LogP contribution >= 0.6 is 0 Å². The first kappa shape index (κ1) is 20.2. The lowest BCUT2D eigenvalue weighted by atomic mass is 9.84. The van der Waals surface area contributed by atoms with Crippen LogP contribution in [0.4, 0.5) is 0 Å². The third-order valence-electron chi connectivity index (χ3n) is 6.14. The van der Waals surface area contributed by atoms with Gasteiger partial charge in [0.2, 0.25) is 18.0 Å². The van der Waals surface area contributed by atoms with Gasteiger partial charge in [0.15, 0.2) is 11.5 Å². The van der Waals surface area contributed by atoms with E-state index < -0.39 is 11.9 Å². The molecular weight excluding hydrogens is 440 g/mol. The molecule has 170 valence electrons. The first-order chi connectivity index (χ1) is 16.5. The van der Waals surface area contributed by atoms with Crippen molar-refractivity contribution < 1.29 is 33.3 Å². The highest BCUT2D eigenvalue weighted by molar-refractivity contribution is 5.94. The summed E-state index contributed by atoms with van der Waals surface area (Å²) < 4.78 is 27.9. The number of methoxy groups -OCH3 is 1. The second-order valence-corrected chi connectivity index (χ2v) is 8.04. The highest BCUT2D eigenvalue weighted by atomic mass is 16.7. The lowest BCUT2D eigenvalue weighted by Gasteiger charge is -2.26. The molecule has 8 heteroatoms. The molecule has 0 amide bonds. The van der Waals surface area contributed by atoms with Crippen LogP contribution in [0, 0.1) is 0 Å². The van der Waals surface area contributed by atoms with Crippen LogP contribution < -0.4 is 24.4 Å². The van der Waals surface area contributed by atoms with Gasteiger partial charge >= 0.3 is 5.97 Å². The minimum atomic E-state index is -0.534. The number of phenols is 1. The number of ether oxygens (including phenoxy) is 4. The normalized spacial score (nSPS) is 16.3. The number of benzene rings is 3. The highest BCUT2D eigenvalue weighted by Crippen LogP contribution is 2.49. The van der Waals surface area contributed by atoms with Crippen molar-refractivity contribution in [1.29, 1.82) is 0 Å². The quantitative estimate of drug-likeness (QED) is 0.357. The minimum absolute atomic E-state index is 0.000178. The number of phenolic OH excluding ortho intramolecular Hbond substituents is 1. The predicted molar refractivity (Wildman–Crippen MR) is 121 cm³/mol. The molecule has 1 N–H and O–H groups in total. The fourth-order valence-electron chi connectivity index (χ4n) is 4.58. The number of carbonyl (C=O) groups excluding carboxylic acids is 1. The standard InChI is InChI=1S/C26H18O8/c1-30-19-7-14(8-20-25(19)33-12-32-20)15-9-21(28)34-18-10-17(27)23-24(29)16(11-31-26(23)22(15)18)13-5-3-2-4-6-13/h2-8,10-11,15,27H,9,12H2,1H3/t15-/m1/s1. The SMILES string of the molecule is COc1cc([C@H]2CC(=O)Oc3cc(O)c4c(=O)c(-c5ccccc5)coc4c32)cc2c1OCO2. The zero-order valence-electron chi connectivity index (χ0n) is 18.0. The fraction of sp³-hybridized carbons (Fsp3) is 0.154. The van der Waals surface area contributed by atoms with E-state index in [2.05, 4.69) is 0 Å². The van der Waals surface area contributed by atoms with Crippen molar-refractivity contribution in [3.63, 3.8) is 0 Å². The second kappa shape index (κ2) is 7.55. The van der Waals surface area contributed by atoms with E-state index in [1.54, 1.807) is 24.3 Å². The lowest BCUT2D eigenvalue weighted by molar-refractivity contribution is -0.135. The Hall–Kier alpha value is -4.46. The Morgan fingerprint density at radius 3 is 2.65 bits per heavy atom. The third-order valence-corrected chi connectivity index (χ3v) is 6.14. The summed E-state index contributed by atoms with van der Waals surface area (Å²) in [6.45, 7) is 0.0619. The zero-order chi connectivity index (χ0) is 23.4. The summed E-state index contributed by atoms with van der Waals surface area (Å²) in [5, 5.41) is 10.7. The molecule has 0 saturated carbocycles. The van der Waals surface area contributed by atoms with E-state index in [0.717, 1.165) is 0 Å². The average molecular weight is 458 g/mol. The average Bonchev–Trinajstić information content (AvgIpc) is 3.32. The van der Waals surface area contributed by atoms with Crippen LogP contribution in [0.2, 0.25) is 0 Å². The maximum Gasteiger partial charge on any atom is 0.312 e. The van der Waals surface area contributed by atoms with E-state index in [4.69, 9.17) is 23.4 Å². The van der Waals surface area contributed by atoms with E-state index in [9.17, 15) is 14.7 Å². The van der Waals surface area contributed by atoms with Gasteiger partial charge < -0.3 is 28.5 Å². The Labute approximate surface area is 192 Å². The molecule has 0 fully saturated rings. The Bertz CT molecular complexity index is 1520. The topological polar surface area (TPSA) is 104 Å². The Morgan fingerprint density at radius 1 is 1.03 bits per heavy atom. The van der Waals surface area contributed by atoms with E-state index in [1.807, 2.05) is 18.2 Å². The van der Waals surface area contributed by atoms with Crippen molar-refractivity contribution in [3.05, 3.63) is 76.1 Å². The summed E-state index contributed by atoms with van der Waals surface area (Å²) in [5.41, 5.74) is 1.95. The minimum Gasteiger partial charge on any atom is -0.507 e. The van der Waals surface area contributed by atoms with Gasteiger partial charge in [-0.15, -0.1) is 0 Å². The van der Waals surface area contributed by atoms with Crippen molar-refractivity contribution in [3.8, 4) is 39.9 Å². The Balaban J connectivity index is 1.60. The molecule has 0 saturated heterocycles. The van der Waals surface area contributed by atoms with Crippen molar-refractivity contribution in [2.45, 2.75) is 12.3 Å². The first-order valence-corrected chi connectivity index (χ1v) is 10.6. The molecule has 4 aromatic rings. The number of rotatable bonds is 3. The maximum atomic E-state index is 13.4. The molecule has 1 atom stereocenters. The number of hydrogen-bond acceptors (Lipinski definition) is 8. The summed E-state index contributed by atoms with van der Waals surface area (Å²) in [5.74, 6) is 0.242. The summed E-state index contributed by atoms with van der Waals surface area (Å²) in [6, 6.07) is 13.9. The predicted octanol–water partition coefficient (Wildman–Crippen LogP) is 4.34. The molecule has 0 aliphatic carbocycles. The summed E-state index contributed by atoms with van der Waals surface area (Å²) in [4.78, 5) is 25.9. The molecule has 0 unspecified atom stereocenters. The molecule has 0 radical (unpaired) electrons. The van der Waals surface area contributed by atoms with Gasteiger partial charge in [-0.05, 0) is 23.3 Å². The van der Waals surface area contributed by atoms with Gasteiger partial charge in [0.25, 0.3) is 0 Å². The van der Waals surface area contributed by atoms with E-state index in [1.165, 1.54) is 19.4 Å². The van der Waals surface area contributed by atoms with Gasteiger partial charge in [-0.25, -0.2) is 0 Å². The molecule has 1 aromatic heterocycles. The molecule has 6 rings (SSSR count). The van der Waals surface area contributed by atoms with Crippen LogP contribution in [0.3, 0.4) is 0 Å². The lowest BCUT2D eigenvalue weighted by Crippen LogP contribution is -2.22. The van der Waals surface area contributed by atoms with Gasteiger partial charge in [-0.1, -0.05) is 30.3 Å². The van der Waals surface area contributed by atoms with Crippen molar-refractivity contribution >= 4 is 16.9 Å². The van der Waals surface area contributed by atoms with Gasteiger partial charge in [-0.2, -0.15) is 0 Å². The number of fused-ring (bicyclic) bond motifs is 4. The summed E-state index contributed by atoms with van der Waals surface area (Å²) >= 11 is 0. The van der Waals surface area contributed by atoms with Crippen molar-refractivity contribution in [2.24, 2.45) is 0 Å². The third kappa shape index (κ3) is 2.99. The molecule has 34 heavy (non-hydrogen) atoms. The van der Waals surface area contributed by atoms with Crippen LogP contribution in [0.25, 0.3) is 22.1 Å². The molecular formula is C26H18O8. The van der Waals surface area contributed by atoms with E-state index in [-0.39, 0.29) is 41.1 Å². The first-order valence-electron chi connectivity index (χ1n) is 10.6. The largest absolute Gasteiger partial charge is 0.507 e. The Morgan fingerprint density at radius 2 is 1.85 bits per heavy atom. The van der Waals surface area contributed by atoms with Gasteiger partial charge in [0.1, 0.15) is 28.7 Å². The highest BCUT2D eigenvalue weighted by Gasteiger charge is 2.35. The molecule has 3 heterocycles. The van der Waals surface area contributed by atoms with Gasteiger partial charge in [0, 0.05) is 17.5 Å². The van der Waals surface area contributed by atoms with Crippen LogP contribution in [-0.4, -0.2) is 25.0 Å². The zero-order valence-corrected chi connectivity index (χ0v) is 18.0. The second-order valence-electron chi connectivity index (χ2n) is 8.04. The van der Waals surface area contributed by atoms with Crippen LogP contribution in [0.15, 0.2) is 64.0 Å². The maximum absolute atomic E-state index is 13.4. The molecule has 8 nitrogen and oxygen atoms in total. The number of carbonyl (C=O) groups is 1. The van der Waals surface area contributed by atoms with Crippen LogP contribution in [0.1, 0.15) is 23.5 Å². The Kier molecular flexibility index (Phi) is 4.48. The van der Waals surface area contributed by atoms with Crippen LogP contribution in [0.5, 0.6) is 28.7 Å². The smallest absolute Gasteiger partial charge is 0.312 e. The monoisotopic (exact) mass is 458 g/mol. The fourth-order valence-corrected chi connectivity index (χ4v) is 4.58. The van der Waals surface area contributed by atoms with Gasteiger partial charge in [0.05, 0.1) is 19.1 Å². The van der Waals surface area contributed by atoms with E-state index in [0.29, 0.717) is 39.5 Å². The van der Waals surface area contributed by atoms with Crippen molar-refractivity contribution in [2.75, 3.05) is 13.9 Å². The number of hydrogen-bond donors (Lipinski definition) is 1. The molecule has 2 aliphatic heterocycles.